The Morgan fingerprint density at radius 1 is 1.53 bits per heavy atom. The Hall–Kier alpha value is -1.51. The highest BCUT2D eigenvalue weighted by Crippen LogP contribution is 2.53. The van der Waals surface area contributed by atoms with Crippen molar-refractivity contribution in [1.82, 2.24) is 0 Å². The Bertz CT molecular complexity index is 525. The van der Waals surface area contributed by atoms with Crippen LogP contribution >= 0.6 is 0 Å². The van der Waals surface area contributed by atoms with Crippen molar-refractivity contribution in [3.05, 3.63) is 23.8 Å². The summed E-state index contributed by atoms with van der Waals surface area (Å²) in [4.78, 5) is 13.8. The molecule has 0 bridgehead atoms. The minimum absolute atomic E-state index is 0.167. The van der Waals surface area contributed by atoms with Crippen LogP contribution in [0.15, 0.2) is 18.2 Å². The first-order valence-electron chi connectivity index (χ1n) is 7.14. The fourth-order valence-corrected chi connectivity index (χ4v) is 3.80. The molecular weight excluding hydrogens is 238 g/mol. The van der Waals surface area contributed by atoms with Crippen LogP contribution in [0.1, 0.15) is 45.1 Å². The average Bonchev–Trinajstić information content (AvgIpc) is 2.88. The molecule has 0 spiro atoms. The van der Waals surface area contributed by atoms with Gasteiger partial charge in [0.1, 0.15) is 5.75 Å². The van der Waals surface area contributed by atoms with Crippen molar-refractivity contribution in [1.29, 1.82) is 0 Å². The number of nitrogens with zero attached hydrogens (tertiary/aromatic N) is 1. The van der Waals surface area contributed by atoms with E-state index in [-0.39, 0.29) is 11.4 Å². The predicted octanol–water partition coefficient (Wildman–Crippen LogP) is 3.26. The fraction of sp³-hybridized carbons (Fsp3) is 0.562. The number of carbonyl (C=O) groups excluding carboxylic acids is 1. The van der Waals surface area contributed by atoms with Gasteiger partial charge < -0.3 is 9.64 Å². The summed E-state index contributed by atoms with van der Waals surface area (Å²) in [7, 11) is 2.18. The Labute approximate surface area is 114 Å². The van der Waals surface area contributed by atoms with Crippen LogP contribution in [0.3, 0.4) is 0 Å². The molecule has 0 amide bonds. The van der Waals surface area contributed by atoms with Gasteiger partial charge in [-0.05, 0) is 36.6 Å². The van der Waals surface area contributed by atoms with Gasteiger partial charge >= 0.3 is 5.97 Å². The summed E-state index contributed by atoms with van der Waals surface area (Å²) < 4.78 is 5.36. The molecule has 0 N–H and O–H groups in total. The Balaban J connectivity index is 1.99. The van der Waals surface area contributed by atoms with Gasteiger partial charge in [0.05, 0.1) is 0 Å². The van der Waals surface area contributed by atoms with E-state index >= 15 is 0 Å². The molecule has 2 aliphatic rings. The first-order valence-corrected chi connectivity index (χ1v) is 7.14. The molecule has 2 atom stereocenters. The molecule has 0 unspecified atom stereocenters. The number of rotatable bonds is 2. The molecule has 19 heavy (non-hydrogen) atoms. The highest BCUT2D eigenvalue weighted by atomic mass is 16.5. The lowest BCUT2D eigenvalue weighted by molar-refractivity contribution is -0.134. The zero-order valence-corrected chi connectivity index (χ0v) is 11.9. The summed E-state index contributed by atoms with van der Waals surface area (Å²) >= 11 is 0. The van der Waals surface area contributed by atoms with Crippen LogP contribution in [0.2, 0.25) is 0 Å². The number of esters is 1. The fourth-order valence-electron chi connectivity index (χ4n) is 3.80. The van der Waals surface area contributed by atoms with Crippen LogP contribution in [-0.2, 0) is 10.2 Å². The van der Waals surface area contributed by atoms with Gasteiger partial charge in [-0.15, -0.1) is 0 Å². The van der Waals surface area contributed by atoms with E-state index in [0.717, 1.165) is 0 Å². The molecular formula is C16H21NO2. The van der Waals surface area contributed by atoms with Gasteiger partial charge in [0.15, 0.2) is 0 Å². The monoisotopic (exact) mass is 259 g/mol. The van der Waals surface area contributed by atoms with Crippen LogP contribution < -0.4 is 9.64 Å². The van der Waals surface area contributed by atoms with Crippen LogP contribution in [0, 0.1) is 0 Å². The van der Waals surface area contributed by atoms with Gasteiger partial charge in [-0.3, -0.25) is 4.79 Å². The lowest BCUT2D eigenvalue weighted by Crippen LogP contribution is -2.36. The number of fused-ring (bicyclic) bond motifs is 3. The topological polar surface area (TPSA) is 29.5 Å². The quantitative estimate of drug-likeness (QED) is 0.603. The van der Waals surface area contributed by atoms with E-state index in [1.807, 2.05) is 13.0 Å². The Morgan fingerprint density at radius 2 is 2.32 bits per heavy atom. The van der Waals surface area contributed by atoms with E-state index in [9.17, 15) is 4.79 Å². The number of benzene rings is 1. The maximum Gasteiger partial charge on any atom is 0.310 e. The van der Waals surface area contributed by atoms with Crippen molar-refractivity contribution >= 4 is 11.7 Å². The van der Waals surface area contributed by atoms with Crippen LogP contribution in [0.25, 0.3) is 0 Å². The second-order valence-corrected chi connectivity index (χ2v) is 5.94. The van der Waals surface area contributed by atoms with E-state index in [4.69, 9.17) is 4.74 Å². The third-order valence-electron chi connectivity index (χ3n) is 4.86. The molecule has 1 saturated carbocycles. The number of hydrogen-bond acceptors (Lipinski definition) is 3. The summed E-state index contributed by atoms with van der Waals surface area (Å²) in [6.07, 6.45) is 4.17. The molecule has 1 aliphatic heterocycles. The van der Waals surface area contributed by atoms with E-state index in [0.29, 0.717) is 18.2 Å². The number of ether oxygens (including phenoxy) is 1. The lowest BCUT2D eigenvalue weighted by Gasteiger charge is -2.28. The largest absolute Gasteiger partial charge is 0.427 e. The second kappa shape index (κ2) is 4.26. The summed E-state index contributed by atoms with van der Waals surface area (Å²) in [5, 5.41) is 0. The van der Waals surface area contributed by atoms with Crippen LogP contribution in [-0.4, -0.2) is 19.1 Å². The third kappa shape index (κ3) is 1.75. The second-order valence-electron chi connectivity index (χ2n) is 5.94. The molecule has 1 aromatic rings. The zero-order chi connectivity index (χ0) is 13.6. The maximum absolute atomic E-state index is 11.4. The molecule has 1 aliphatic carbocycles. The van der Waals surface area contributed by atoms with Gasteiger partial charge in [-0.1, -0.05) is 20.3 Å². The van der Waals surface area contributed by atoms with Crippen molar-refractivity contribution in [3.63, 3.8) is 0 Å². The minimum Gasteiger partial charge on any atom is -0.427 e. The van der Waals surface area contributed by atoms with Crippen molar-refractivity contribution in [3.8, 4) is 5.75 Å². The number of likely N-dealkylation sites (N-methyl/N-ethyl adjacent to an activating group) is 1. The van der Waals surface area contributed by atoms with E-state index in [1.165, 1.54) is 30.5 Å². The number of carbonyl (C=O) groups is 1. The molecule has 1 fully saturated rings. The summed E-state index contributed by atoms with van der Waals surface area (Å²) in [5.41, 5.74) is 2.86. The molecule has 1 aromatic carbocycles. The van der Waals surface area contributed by atoms with Crippen molar-refractivity contribution in [2.45, 2.75) is 51.0 Å². The number of anilines is 1. The predicted molar refractivity (Wildman–Crippen MR) is 75.8 cm³/mol. The molecule has 0 radical (unpaired) electrons. The van der Waals surface area contributed by atoms with Gasteiger partial charge in [-0.25, -0.2) is 0 Å². The van der Waals surface area contributed by atoms with E-state index < -0.39 is 0 Å². The Kier molecular flexibility index (Phi) is 2.80. The van der Waals surface area contributed by atoms with Crippen LogP contribution in [0.4, 0.5) is 5.69 Å². The van der Waals surface area contributed by atoms with Gasteiger partial charge in [0.2, 0.25) is 0 Å². The van der Waals surface area contributed by atoms with Crippen molar-refractivity contribution < 1.29 is 9.53 Å². The van der Waals surface area contributed by atoms with E-state index in [2.05, 4.69) is 31.0 Å². The molecule has 3 rings (SSSR count). The van der Waals surface area contributed by atoms with Gasteiger partial charge in [-0.2, -0.15) is 0 Å². The van der Waals surface area contributed by atoms with E-state index in [1.54, 1.807) is 0 Å². The average molecular weight is 259 g/mol. The molecule has 1 heterocycles. The number of hydrogen-bond donors (Lipinski definition) is 0. The first-order chi connectivity index (χ1) is 9.06. The molecule has 0 aromatic heterocycles. The summed E-state index contributed by atoms with van der Waals surface area (Å²) in [6, 6.07) is 6.68. The molecule has 3 heteroatoms. The minimum atomic E-state index is -0.167. The highest BCUT2D eigenvalue weighted by molar-refractivity contribution is 5.73. The van der Waals surface area contributed by atoms with Gasteiger partial charge in [0, 0.05) is 30.6 Å². The lowest BCUT2D eigenvalue weighted by atomic mass is 9.80. The molecule has 102 valence electrons. The summed E-state index contributed by atoms with van der Waals surface area (Å²) in [6.45, 7) is 4.16. The van der Waals surface area contributed by atoms with Gasteiger partial charge in [0.25, 0.3) is 0 Å². The molecule has 0 saturated heterocycles. The van der Waals surface area contributed by atoms with Crippen molar-refractivity contribution in [2.24, 2.45) is 0 Å². The zero-order valence-electron chi connectivity index (χ0n) is 11.9. The normalized spacial score (nSPS) is 28.2. The Morgan fingerprint density at radius 3 is 3.05 bits per heavy atom. The van der Waals surface area contributed by atoms with Crippen molar-refractivity contribution in [2.75, 3.05) is 11.9 Å². The standard InChI is InChI=1S/C16H21NO2/c1-4-15(18)19-11-7-8-13-12(10-11)16(2)9-5-6-14(16)17(13)3/h7-8,10,14H,4-6,9H2,1-3H3/t14-,16-/m0/s1. The highest BCUT2D eigenvalue weighted by Gasteiger charge is 2.49. The first kappa shape index (κ1) is 12.5. The summed E-state index contributed by atoms with van der Waals surface area (Å²) in [5.74, 6) is 0.521. The SMILES string of the molecule is CCC(=O)Oc1ccc2c(c1)[C@]1(C)CCC[C@@H]1N2C. The third-order valence-corrected chi connectivity index (χ3v) is 4.86. The smallest absolute Gasteiger partial charge is 0.310 e. The maximum atomic E-state index is 11.4. The molecule has 3 nitrogen and oxygen atoms in total. The van der Waals surface area contributed by atoms with Crippen LogP contribution in [0.5, 0.6) is 5.75 Å².